The number of nitro benzene ring substituents is 1. The lowest BCUT2D eigenvalue weighted by Crippen LogP contribution is -2.42. The Bertz CT molecular complexity index is 992. The predicted molar refractivity (Wildman–Crippen MR) is 113 cm³/mol. The summed E-state index contributed by atoms with van der Waals surface area (Å²) in [7, 11) is 0. The number of Topliss-reactive ketones (excluding diaryl/α,β-unsaturated/α-hetero) is 1. The highest BCUT2D eigenvalue weighted by Gasteiger charge is 2.40. The van der Waals surface area contributed by atoms with E-state index in [1.54, 1.807) is 6.07 Å². The average molecular weight is 430 g/mol. The van der Waals surface area contributed by atoms with Gasteiger partial charge < -0.3 is 10.2 Å². The van der Waals surface area contributed by atoms with Crippen LogP contribution in [0.3, 0.4) is 0 Å². The van der Waals surface area contributed by atoms with E-state index in [2.05, 4.69) is 5.32 Å². The van der Waals surface area contributed by atoms with Crippen molar-refractivity contribution < 1.29 is 14.5 Å². The van der Waals surface area contributed by atoms with Crippen molar-refractivity contribution in [3.8, 4) is 0 Å². The van der Waals surface area contributed by atoms with Crippen LogP contribution in [0.5, 0.6) is 0 Å². The van der Waals surface area contributed by atoms with Gasteiger partial charge >= 0.3 is 0 Å². The Kier molecular flexibility index (Phi) is 5.64. The zero-order chi connectivity index (χ0) is 21.4. The molecule has 0 unspecified atom stereocenters. The summed E-state index contributed by atoms with van der Waals surface area (Å²) in [5.74, 6) is -0.741. The summed E-state index contributed by atoms with van der Waals surface area (Å²) in [5, 5.41) is 14.8. The van der Waals surface area contributed by atoms with Gasteiger partial charge in [0.05, 0.1) is 4.92 Å². The number of piperidine rings is 1. The second-order valence-electron chi connectivity index (χ2n) is 8.09. The van der Waals surface area contributed by atoms with Gasteiger partial charge in [0.1, 0.15) is 5.02 Å². The number of benzene rings is 1. The molecule has 0 aromatic heterocycles. The van der Waals surface area contributed by atoms with E-state index in [0.717, 1.165) is 37.8 Å². The number of likely N-dealkylation sites (tertiary alicyclic amines) is 1. The van der Waals surface area contributed by atoms with Crippen LogP contribution in [0, 0.1) is 10.1 Å². The highest BCUT2D eigenvalue weighted by molar-refractivity contribution is 6.32. The smallest absolute Gasteiger partial charge is 0.288 e. The molecule has 1 N–H and O–H groups in total. The van der Waals surface area contributed by atoms with Crippen LogP contribution >= 0.6 is 11.6 Å². The first kappa shape index (κ1) is 20.6. The predicted octanol–water partition coefficient (Wildman–Crippen LogP) is 4.23. The summed E-state index contributed by atoms with van der Waals surface area (Å²) in [6.45, 7) is 3.21. The van der Waals surface area contributed by atoms with Crippen molar-refractivity contribution in [2.75, 3.05) is 13.1 Å². The molecule has 1 amide bonds. The Balaban J connectivity index is 1.86. The molecule has 0 spiro atoms. The lowest BCUT2D eigenvalue weighted by Gasteiger charge is -2.37. The standard InChI is InChI=1S/C22H24ClN3O4/c1-13-19(22(28)25-10-3-2-4-11-25)20(21-16(24-13)6-5-7-18(21)27)14-8-9-15(23)17(12-14)26(29)30/h8-9,12,20,24H,2-7,10-11H2,1H3/t20-/m0/s1. The van der Waals surface area contributed by atoms with Gasteiger partial charge in [-0.05, 0) is 50.7 Å². The number of nitrogens with zero attached hydrogens (tertiary/aromatic N) is 2. The highest BCUT2D eigenvalue weighted by atomic mass is 35.5. The molecule has 0 radical (unpaired) electrons. The van der Waals surface area contributed by atoms with Crippen LogP contribution in [-0.4, -0.2) is 34.6 Å². The Morgan fingerprint density at radius 1 is 1.20 bits per heavy atom. The number of amides is 1. The number of rotatable bonds is 3. The molecule has 158 valence electrons. The van der Waals surface area contributed by atoms with Gasteiger partial charge in [0, 0.05) is 54.0 Å². The molecule has 0 bridgehead atoms. The number of nitro groups is 1. The molecule has 1 atom stereocenters. The monoisotopic (exact) mass is 429 g/mol. The lowest BCUT2D eigenvalue weighted by molar-refractivity contribution is -0.384. The molecule has 1 fully saturated rings. The van der Waals surface area contributed by atoms with Crippen molar-refractivity contribution in [1.82, 2.24) is 10.2 Å². The third kappa shape index (κ3) is 3.62. The van der Waals surface area contributed by atoms with E-state index in [-0.39, 0.29) is 22.4 Å². The van der Waals surface area contributed by atoms with E-state index >= 15 is 0 Å². The van der Waals surface area contributed by atoms with Crippen molar-refractivity contribution in [1.29, 1.82) is 0 Å². The molecule has 1 aromatic rings. The number of hydrogen-bond donors (Lipinski definition) is 1. The number of nitrogens with one attached hydrogen (secondary N) is 1. The van der Waals surface area contributed by atoms with Gasteiger partial charge in [-0.1, -0.05) is 17.7 Å². The van der Waals surface area contributed by atoms with Crippen LogP contribution in [0.2, 0.25) is 5.02 Å². The molecule has 1 saturated heterocycles. The minimum absolute atomic E-state index is 0.0113. The first-order valence-electron chi connectivity index (χ1n) is 10.4. The normalized spacial score (nSPS) is 22.0. The van der Waals surface area contributed by atoms with Gasteiger partial charge in [-0.2, -0.15) is 0 Å². The van der Waals surface area contributed by atoms with Crippen LogP contribution < -0.4 is 5.32 Å². The summed E-state index contributed by atoms with van der Waals surface area (Å²) < 4.78 is 0. The number of allylic oxidation sites excluding steroid dienone is 3. The van der Waals surface area contributed by atoms with Crippen molar-refractivity contribution in [3.05, 3.63) is 61.4 Å². The van der Waals surface area contributed by atoms with Crippen LogP contribution in [0.15, 0.2) is 40.7 Å². The summed E-state index contributed by atoms with van der Waals surface area (Å²) in [5.41, 5.74) is 2.92. The number of halogens is 1. The van der Waals surface area contributed by atoms with Gasteiger partial charge in [-0.25, -0.2) is 0 Å². The number of carbonyl (C=O) groups is 2. The summed E-state index contributed by atoms with van der Waals surface area (Å²) in [6.07, 6.45) is 4.89. The van der Waals surface area contributed by atoms with E-state index < -0.39 is 10.8 Å². The fourth-order valence-corrected chi connectivity index (χ4v) is 4.90. The molecular formula is C22H24ClN3O4. The maximum Gasteiger partial charge on any atom is 0.288 e. The summed E-state index contributed by atoms with van der Waals surface area (Å²) in [4.78, 5) is 39.3. The molecule has 3 aliphatic rings. The summed E-state index contributed by atoms with van der Waals surface area (Å²) in [6, 6.07) is 4.57. The number of dihydropyridines is 1. The average Bonchev–Trinajstić information content (AvgIpc) is 2.73. The van der Waals surface area contributed by atoms with Gasteiger partial charge in [0.25, 0.3) is 11.6 Å². The minimum Gasteiger partial charge on any atom is -0.362 e. The molecule has 30 heavy (non-hydrogen) atoms. The molecule has 1 aliphatic carbocycles. The van der Waals surface area contributed by atoms with Crippen molar-refractivity contribution in [3.63, 3.8) is 0 Å². The van der Waals surface area contributed by atoms with Gasteiger partial charge in [0.15, 0.2) is 5.78 Å². The first-order valence-corrected chi connectivity index (χ1v) is 10.7. The number of ketones is 1. The number of carbonyl (C=O) groups excluding carboxylic acids is 2. The second-order valence-corrected chi connectivity index (χ2v) is 8.49. The zero-order valence-corrected chi connectivity index (χ0v) is 17.6. The minimum atomic E-state index is -0.626. The molecule has 4 rings (SSSR count). The second kappa shape index (κ2) is 8.22. The first-order chi connectivity index (χ1) is 14.4. The maximum atomic E-state index is 13.5. The molecule has 8 heteroatoms. The van der Waals surface area contributed by atoms with E-state index in [1.165, 1.54) is 12.1 Å². The Hall–Kier alpha value is -2.67. The van der Waals surface area contributed by atoms with E-state index in [1.807, 2.05) is 11.8 Å². The molecule has 2 heterocycles. The van der Waals surface area contributed by atoms with Crippen molar-refractivity contribution in [2.24, 2.45) is 0 Å². The van der Waals surface area contributed by atoms with E-state index in [9.17, 15) is 19.7 Å². The lowest BCUT2D eigenvalue weighted by atomic mass is 9.74. The molecular weight excluding hydrogens is 406 g/mol. The van der Waals surface area contributed by atoms with Gasteiger partial charge in [0.2, 0.25) is 0 Å². The van der Waals surface area contributed by atoms with Crippen LogP contribution in [-0.2, 0) is 9.59 Å². The third-order valence-corrected chi connectivity index (χ3v) is 6.47. The van der Waals surface area contributed by atoms with Gasteiger partial charge in [-0.3, -0.25) is 19.7 Å². The molecule has 0 saturated carbocycles. The van der Waals surface area contributed by atoms with Crippen LogP contribution in [0.1, 0.15) is 56.9 Å². The number of hydrogen-bond acceptors (Lipinski definition) is 5. The van der Waals surface area contributed by atoms with Gasteiger partial charge in [-0.15, -0.1) is 0 Å². The summed E-state index contributed by atoms with van der Waals surface area (Å²) >= 11 is 6.03. The largest absolute Gasteiger partial charge is 0.362 e. The van der Waals surface area contributed by atoms with E-state index in [0.29, 0.717) is 41.9 Å². The third-order valence-electron chi connectivity index (χ3n) is 6.15. The Labute approximate surface area is 179 Å². The maximum absolute atomic E-state index is 13.5. The fourth-order valence-electron chi connectivity index (χ4n) is 4.72. The molecule has 1 aromatic carbocycles. The SMILES string of the molecule is CC1=C(C(=O)N2CCCCC2)[C@H](c2ccc(Cl)c([N+](=O)[O-])c2)C2=C(CCCC2=O)N1. The topological polar surface area (TPSA) is 92.6 Å². The Morgan fingerprint density at radius 3 is 2.63 bits per heavy atom. The van der Waals surface area contributed by atoms with Crippen LogP contribution in [0.25, 0.3) is 0 Å². The zero-order valence-electron chi connectivity index (χ0n) is 16.9. The van der Waals surface area contributed by atoms with Crippen molar-refractivity contribution >= 4 is 29.0 Å². The Morgan fingerprint density at radius 2 is 1.93 bits per heavy atom. The fraction of sp³-hybridized carbons (Fsp3) is 0.455. The van der Waals surface area contributed by atoms with Crippen molar-refractivity contribution in [2.45, 2.75) is 51.4 Å². The highest BCUT2D eigenvalue weighted by Crippen LogP contribution is 2.44. The van der Waals surface area contributed by atoms with Crippen LogP contribution in [0.4, 0.5) is 5.69 Å². The quantitative estimate of drug-likeness (QED) is 0.573. The molecule has 2 aliphatic heterocycles. The van der Waals surface area contributed by atoms with E-state index in [4.69, 9.17) is 11.6 Å². The molecule has 7 nitrogen and oxygen atoms in total.